The van der Waals surface area contributed by atoms with Crippen molar-refractivity contribution in [2.75, 3.05) is 13.2 Å². The Morgan fingerprint density at radius 3 is 0.713 bits per heavy atom. The van der Waals surface area contributed by atoms with E-state index in [0.717, 1.165) is 77.0 Å². The van der Waals surface area contributed by atoms with Crippen LogP contribution in [-0.2, 0) is 28.6 Å². The topological polar surface area (TPSA) is 78.9 Å². The van der Waals surface area contributed by atoms with Crippen LogP contribution in [0.3, 0.4) is 0 Å². The van der Waals surface area contributed by atoms with Gasteiger partial charge in [-0.2, -0.15) is 0 Å². The van der Waals surface area contributed by atoms with Crippen molar-refractivity contribution in [3.63, 3.8) is 0 Å². The van der Waals surface area contributed by atoms with Gasteiger partial charge in [0.25, 0.3) is 0 Å². The van der Waals surface area contributed by atoms with Crippen LogP contribution >= 0.6 is 0 Å². The Labute approximate surface area is 498 Å². The number of esters is 3. The van der Waals surface area contributed by atoms with Crippen LogP contribution in [0.1, 0.15) is 374 Å². The van der Waals surface area contributed by atoms with E-state index in [1.807, 2.05) is 0 Å². The van der Waals surface area contributed by atoms with Crippen LogP contribution in [0.25, 0.3) is 0 Å². The molecule has 0 saturated carbocycles. The van der Waals surface area contributed by atoms with Crippen molar-refractivity contribution < 1.29 is 28.6 Å². The van der Waals surface area contributed by atoms with Crippen molar-refractivity contribution in [3.8, 4) is 0 Å². The third kappa shape index (κ3) is 65.9. The highest BCUT2D eigenvalue weighted by atomic mass is 16.6. The van der Waals surface area contributed by atoms with Crippen molar-refractivity contribution in [2.24, 2.45) is 0 Å². The zero-order valence-corrected chi connectivity index (χ0v) is 53.6. The third-order valence-corrected chi connectivity index (χ3v) is 15.7. The molecule has 0 aliphatic heterocycles. The summed E-state index contributed by atoms with van der Waals surface area (Å²) in [5.74, 6) is -0.863. The van der Waals surface area contributed by atoms with E-state index >= 15 is 0 Å². The summed E-state index contributed by atoms with van der Waals surface area (Å²) in [6.45, 7) is 6.66. The Morgan fingerprint density at radius 1 is 0.250 bits per heavy atom. The number of ether oxygens (including phenoxy) is 3. The molecular formula is C74H134O6. The van der Waals surface area contributed by atoms with Gasteiger partial charge in [0.15, 0.2) is 6.10 Å². The molecule has 0 rings (SSSR count). The minimum atomic E-state index is -0.780. The fraction of sp³-hybridized carbons (Fsp3) is 0.824. The molecule has 0 aromatic heterocycles. The highest BCUT2D eigenvalue weighted by Gasteiger charge is 2.19. The summed E-state index contributed by atoms with van der Waals surface area (Å²) >= 11 is 0. The van der Waals surface area contributed by atoms with Crippen molar-refractivity contribution >= 4 is 17.9 Å². The summed E-state index contributed by atoms with van der Waals surface area (Å²) in [6.07, 6.45) is 88.1. The fourth-order valence-corrected chi connectivity index (χ4v) is 10.4. The standard InChI is InChI=1S/C74H134O6/c1-4-7-10-13-16-19-22-25-28-31-34-35-36-37-38-39-41-43-46-49-52-55-58-61-64-67-73(76)79-70-71(69-78-72(75)66-63-60-57-54-51-48-45-42-33-30-27-24-21-18-15-12-9-6-3)80-74(77)68-65-62-59-56-53-50-47-44-40-32-29-26-23-20-17-14-11-8-5-2/h21-22,24-26,29-31,33-34,71H,4-20,23,27-28,32,35-70H2,1-3H3/b24-21-,25-22-,29-26-,33-30-,34-31-. The molecule has 0 aromatic rings. The molecule has 0 spiro atoms. The largest absolute Gasteiger partial charge is 0.462 e. The summed E-state index contributed by atoms with van der Waals surface area (Å²) in [5.41, 5.74) is 0. The average Bonchev–Trinajstić information content (AvgIpc) is 3.46. The minimum Gasteiger partial charge on any atom is -0.462 e. The van der Waals surface area contributed by atoms with Crippen molar-refractivity contribution in [3.05, 3.63) is 60.8 Å². The van der Waals surface area contributed by atoms with Gasteiger partial charge in [0.05, 0.1) is 0 Å². The van der Waals surface area contributed by atoms with Crippen molar-refractivity contribution in [2.45, 2.75) is 380 Å². The average molecular weight is 1120 g/mol. The molecule has 0 heterocycles. The van der Waals surface area contributed by atoms with Crippen LogP contribution < -0.4 is 0 Å². The Morgan fingerprint density at radius 2 is 0.450 bits per heavy atom. The van der Waals surface area contributed by atoms with Gasteiger partial charge in [0, 0.05) is 19.3 Å². The van der Waals surface area contributed by atoms with E-state index < -0.39 is 6.10 Å². The Hall–Kier alpha value is -2.89. The molecule has 0 aliphatic carbocycles. The molecule has 0 aliphatic rings. The molecule has 6 heteroatoms. The molecule has 0 amide bonds. The van der Waals surface area contributed by atoms with Crippen LogP contribution in [0.5, 0.6) is 0 Å². The molecule has 0 N–H and O–H groups in total. The number of unbranched alkanes of at least 4 members (excludes halogenated alkanes) is 44. The highest BCUT2D eigenvalue weighted by Crippen LogP contribution is 2.17. The lowest BCUT2D eigenvalue weighted by Gasteiger charge is -2.18. The fourth-order valence-electron chi connectivity index (χ4n) is 10.4. The number of carbonyl (C=O) groups is 3. The summed E-state index contributed by atoms with van der Waals surface area (Å²) in [4.78, 5) is 38.5. The monoisotopic (exact) mass is 1120 g/mol. The summed E-state index contributed by atoms with van der Waals surface area (Å²) in [7, 11) is 0. The molecule has 80 heavy (non-hydrogen) atoms. The van der Waals surface area contributed by atoms with E-state index in [9.17, 15) is 14.4 Å². The minimum absolute atomic E-state index is 0.0752. The van der Waals surface area contributed by atoms with Gasteiger partial charge in [-0.3, -0.25) is 14.4 Å². The molecule has 6 nitrogen and oxygen atoms in total. The first-order valence-electron chi connectivity index (χ1n) is 35.3. The van der Waals surface area contributed by atoms with E-state index in [0.29, 0.717) is 19.3 Å². The number of allylic oxidation sites excluding steroid dienone is 10. The van der Waals surface area contributed by atoms with E-state index in [2.05, 4.69) is 81.5 Å². The summed E-state index contributed by atoms with van der Waals surface area (Å²) in [6, 6.07) is 0. The molecule has 1 atom stereocenters. The first kappa shape index (κ1) is 77.1. The molecule has 0 saturated heterocycles. The van der Waals surface area contributed by atoms with Crippen LogP contribution in [0.15, 0.2) is 60.8 Å². The SMILES string of the molecule is CCCCCC/C=C\C/C=C\CCCCCCCCCC(=O)OCC(COC(=O)CCCCCCCCCCCCCCC/C=C\C/C=C\CCCCCCC)OC(=O)CCCCCCCCCCC/C=C\CCCCCCCC. The number of hydrogen-bond acceptors (Lipinski definition) is 6. The van der Waals surface area contributed by atoms with Gasteiger partial charge in [-0.1, -0.05) is 306 Å². The van der Waals surface area contributed by atoms with Gasteiger partial charge in [0.2, 0.25) is 0 Å². The molecular weight excluding hydrogens is 985 g/mol. The predicted octanol–water partition coefficient (Wildman–Crippen LogP) is 24.3. The van der Waals surface area contributed by atoms with Gasteiger partial charge >= 0.3 is 17.9 Å². The lowest BCUT2D eigenvalue weighted by atomic mass is 10.0. The lowest BCUT2D eigenvalue weighted by molar-refractivity contribution is -0.167. The number of carbonyl (C=O) groups excluding carboxylic acids is 3. The molecule has 466 valence electrons. The normalized spacial score (nSPS) is 12.4. The number of hydrogen-bond donors (Lipinski definition) is 0. The third-order valence-electron chi connectivity index (χ3n) is 15.7. The van der Waals surface area contributed by atoms with Crippen LogP contribution in [-0.4, -0.2) is 37.2 Å². The maximum absolute atomic E-state index is 13.0. The molecule has 0 radical (unpaired) electrons. The van der Waals surface area contributed by atoms with Gasteiger partial charge in [-0.15, -0.1) is 0 Å². The van der Waals surface area contributed by atoms with Crippen molar-refractivity contribution in [1.82, 2.24) is 0 Å². The quantitative estimate of drug-likeness (QED) is 0.0261. The second kappa shape index (κ2) is 68.6. The van der Waals surface area contributed by atoms with Gasteiger partial charge in [0.1, 0.15) is 13.2 Å². The van der Waals surface area contributed by atoms with Crippen LogP contribution in [0.2, 0.25) is 0 Å². The molecule has 0 aromatic carbocycles. The van der Waals surface area contributed by atoms with Crippen molar-refractivity contribution in [1.29, 1.82) is 0 Å². The second-order valence-corrected chi connectivity index (χ2v) is 23.8. The van der Waals surface area contributed by atoms with Gasteiger partial charge < -0.3 is 14.2 Å². The van der Waals surface area contributed by atoms with E-state index in [1.54, 1.807) is 0 Å². The first-order chi connectivity index (χ1) is 39.5. The van der Waals surface area contributed by atoms with Gasteiger partial charge in [-0.25, -0.2) is 0 Å². The maximum atomic E-state index is 13.0. The summed E-state index contributed by atoms with van der Waals surface area (Å²) in [5, 5.41) is 0. The molecule has 1 unspecified atom stereocenters. The van der Waals surface area contributed by atoms with E-state index in [1.165, 1.54) is 257 Å². The predicted molar refractivity (Wildman–Crippen MR) is 348 cm³/mol. The molecule has 0 bridgehead atoms. The van der Waals surface area contributed by atoms with E-state index in [-0.39, 0.29) is 31.1 Å². The zero-order chi connectivity index (χ0) is 57.8. The van der Waals surface area contributed by atoms with Gasteiger partial charge in [-0.05, 0) is 109 Å². The lowest BCUT2D eigenvalue weighted by Crippen LogP contribution is -2.30. The van der Waals surface area contributed by atoms with Crippen LogP contribution in [0, 0.1) is 0 Å². The number of rotatable bonds is 65. The summed E-state index contributed by atoms with van der Waals surface area (Å²) < 4.78 is 17.0. The molecule has 0 fully saturated rings. The Bertz CT molecular complexity index is 1430. The zero-order valence-electron chi connectivity index (χ0n) is 53.6. The first-order valence-corrected chi connectivity index (χ1v) is 35.3. The van der Waals surface area contributed by atoms with E-state index in [4.69, 9.17) is 14.2 Å². The Kier molecular flexibility index (Phi) is 66.1. The maximum Gasteiger partial charge on any atom is 0.306 e. The highest BCUT2D eigenvalue weighted by molar-refractivity contribution is 5.71. The second-order valence-electron chi connectivity index (χ2n) is 23.8. The smallest absolute Gasteiger partial charge is 0.306 e. The Balaban J connectivity index is 4.33. The van der Waals surface area contributed by atoms with Crippen LogP contribution in [0.4, 0.5) is 0 Å².